The van der Waals surface area contributed by atoms with Gasteiger partial charge in [-0.2, -0.15) is 0 Å². The second kappa shape index (κ2) is 13.8. The highest BCUT2D eigenvalue weighted by atomic mass is 35.5. The molecule has 1 saturated carbocycles. The van der Waals surface area contributed by atoms with E-state index in [9.17, 15) is 14.4 Å². The van der Waals surface area contributed by atoms with Crippen molar-refractivity contribution in [3.05, 3.63) is 99.5 Å². The molecule has 6 nitrogen and oxygen atoms in total. The third kappa shape index (κ3) is 7.86. The molecular formula is C32H35Cl2N3O3. The van der Waals surface area contributed by atoms with E-state index in [1.165, 1.54) is 0 Å². The quantitative estimate of drug-likeness (QED) is 0.239. The fourth-order valence-corrected chi connectivity index (χ4v) is 5.91. The van der Waals surface area contributed by atoms with Crippen molar-refractivity contribution in [2.24, 2.45) is 5.41 Å². The third-order valence-electron chi connectivity index (χ3n) is 7.50. The maximum absolute atomic E-state index is 13.4. The average molecular weight is 581 g/mol. The zero-order valence-corrected chi connectivity index (χ0v) is 24.2. The summed E-state index contributed by atoms with van der Waals surface area (Å²) in [5.41, 5.74) is 2.43. The third-order valence-corrected chi connectivity index (χ3v) is 8.13. The number of halogens is 2. The second-order valence-electron chi connectivity index (χ2n) is 10.6. The Kier molecular flexibility index (Phi) is 10.2. The summed E-state index contributed by atoms with van der Waals surface area (Å²) in [6, 6.07) is 22.0. The van der Waals surface area contributed by atoms with Gasteiger partial charge in [-0.15, -0.1) is 0 Å². The molecule has 3 N–H and O–H groups in total. The Hall–Kier alpha value is -3.35. The summed E-state index contributed by atoms with van der Waals surface area (Å²) in [5, 5.41) is 9.63. The van der Waals surface area contributed by atoms with Gasteiger partial charge in [0.1, 0.15) is 0 Å². The molecule has 210 valence electrons. The number of hydrogen-bond acceptors (Lipinski definition) is 3. The van der Waals surface area contributed by atoms with E-state index < -0.39 is 5.41 Å². The normalized spacial score (nSPS) is 14.8. The van der Waals surface area contributed by atoms with E-state index in [2.05, 4.69) is 16.0 Å². The number of benzene rings is 3. The van der Waals surface area contributed by atoms with Crippen molar-refractivity contribution in [3.63, 3.8) is 0 Å². The number of hydrogen-bond donors (Lipinski definition) is 3. The molecule has 3 aromatic carbocycles. The molecule has 1 fully saturated rings. The summed E-state index contributed by atoms with van der Waals surface area (Å²) in [7, 11) is 0. The Labute approximate surface area is 245 Å². The number of rotatable bonds is 11. The predicted octanol–water partition coefficient (Wildman–Crippen LogP) is 6.60. The molecule has 4 rings (SSSR count). The molecule has 1 aliphatic carbocycles. The molecule has 8 heteroatoms. The molecule has 1 unspecified atom stereocenters. The maximum Gasteiger partial charge on any atom is 0.258 e. The molecule has 0 radical (unpaired) electrons. The molecule has 0 saturated heterocycles. The molecule has 0 aromatic heterocycles. The first-order valence-electron chi connectivity index (χ1n) is 13.7. The van der Waals surface area contributed by atoms with Crippen molar-refractivity contribution in [2.45, 2.75) is 57.9 Å². The highest BCUT2D eigenvalue weighted by Crippen LogP contribution is 2.41. The molecule has 3 amide bonds. The van der Waals surface area contributed by atoms with Crippen molar-refractivity contribution in [3.8, 4) is 0 Å². The number of anilines is 1. The van der Waals surface area contributed by atoms with Crippen LogP contribution in [0, 0.1) is 5.41 Å². The second-order valence-corrected chi connectivity index (χ2v) is 11.4. The summed E-state index contributed by atoms with van der Waals surface area (Å²) in [6.07, 6.45) is 5.34. The molecular weight excluding hydrogens is 545 g/mol. The first-order valence-corrected chi connectivity index (χ1v) is 14.5. The zero-order chi connectivity index (χ0) is 28.5. The molecule has 0 heterocycles. The summed E-state index contributed by atoms with van der Waals surface area (Å²) < 4.78 is 0. The highest BCUT2D eigenvalue weighted by Gasteiger charge is 2.41. The lowest BCUT2D eigenvalue weighted by molar-refractivity contribution is -0.132. The van der Waals surface area contributed by atoms with Crippen LogP contribution in [0.3, 0.4) is 0 Å². The van der Waals surface area contributed by atoms with Crippen LogP contribution in [-0.4, -0.2) is 30.3 Å². The van der Waals surface area contributed by atoms with Crippen LogP contribution < -0.4 is 16.0 Å². The van der Waals surface area contributed by atoms with Crippen LogP contribution in [-0.2, 0) is 22.4 Å². The van der Waals surface area contributed by atoms with Gasteiger partial charge in [0.25, 0.3) is 5.91 Å². The first kappa shape index (κ1) is 29.6. The minimum Gasteiger partial charge on any atom is -0.356 e. The van der Waals surface area contributed by atoms with E-state index in [-0.39, 0.29) is 29.3 Å². The lowest BCUT2D eigenvalue weighted by Gasteiger charge is -2.29. The van der Waals surface area contributed by atoms with Gasteiger partial charge in [-0.25, -0.2) is 0 Å². The van der Waals surface area contributed by atoms with Crippen LogP contribution in [0.25, 0.3) is 0 Å². The Balaban J connectivity index is 1.27. The van der Waals surface area contributed by atoms with Gasteiger partial charge < -0.3 is 16.0 Å². The molecule has 40 heavy (non-hydrogen) atoms. The molecule has 1 atom stereocenters. The Morgan fingerprint density at radius 1 is 0.850 bits per heavy atom. The standard InChI is InChI=1S/C32H35Cl2N3O3/c1-22(20-24-12-14-25(15-13-24)37-30(39)29-26(33)10-7-11-27(29)34)36-31(40)32(16-5-6-17-32)18-19-35-28(38)21-23-8-3-2-4-9-23/h2-4,7-15,22H,5-6,16-21H2,1H3,(H,35,38)(H,36,40)(H,37,39). The average Bonchev–Trinajstić information content (AvgIpc) is 3.40. The SMILES string of the molecule is CC(Cc1ccc(NC(=O)c2c(Cl)cccc2Cl)cc1)NC(=O)C1(CCNC(=O)Cc2ccccc2)CCCC1. The summed E-state index contributed by atoms with van der Waals surface area (Å²) in [6.45, 7) is 2.48. The van der Waals surface area contributed by atoms with E-state index in [1.54, 1.807) is 18.2 Å². The van der Waals surface area contributed by atoms with E-state index in [4.69, 9.17) is 23.2 Å². The van der Waals surface area contributed by atoms with E-state index >= 15 is 0 Å². The zero-order valence-electron chi connectivity index (χ0n) is 22.6. The predicted molar refractivity (Wildman–Crippen MR) is 161 cm³/mol. The fraction of sp³-hybridized carbons (Fsp3) is 0.344. The van der Waals surface area contributed by atoms with E-state index in [0.29, 0.717) is 41.5 Å². The topological polar surface area (TPSA) is 87.3 Å². The van der Waals surface area contributed by atoms with Gasteiger partial charge in [-0.1, -0.05) is 84.6 Å². The van der Waals surface area contributed by atoms with Gasteiger partial charge in [0.15, 0.2) is 0 Å². The van der Waals surface area contributed by atoms with Gasteiger partial charge in [-0.05, 0) is 68.0 Å². The van der Waals surface area contributed by atoms with Crippen molar-refractivity contribution in [2.75, 3.05) is 11.9 Å². The summed E-state index contributed by atoms with van der Waals surface area (Å²) >= 11 is 12.3. The first-order chi connectivity index (χ1) is 19.3. The summed E-state index contributed by atoms with van der Waals surface area (Å²) in [4.78, 5) is 38.4. The Morgan fingerprint density at radius 3 is 2.15 bits per heavy atom. The molecule has 3 aromatic rings. The van der Waals surface area contributed by atoms with Crippen molar-refractivity contribution < 1.29 is 14.4 Å². The van der Waals surface area contributed by atoms with Gasteiger partial charge >= 0.3 is 0 Å². The van der Waals surface area contributed by atoms with Crippen LogP contribution in [0.1, 0.15) is 60.5 Å². The Bertz CT molecular complexity index is 1300. The monoisotopic (exact) mass is 579 g/mol. The number of carbonyl (C=O) groups is 3. The van der Waals surface area contributed by atoms with E-state index in [1.807, 2.05) is 61.5 Å². The van der Waals surface area contributed by atoms with Gasteiger partial charge in [0.05, 0.1) is 27.4 Å². The smallest absolute Gasteiger partial charge is 0.258 e. The molecule has 0 aliphatic heterocycles. The number of nitrogens with one attached hydrogen (secondary N) is 3. The number of amides is 3. The lowest BCUT2D eigenvalue weighted by Crippen LogP contribution is -2.45. The van der Waals surface area contributed by atoms with Gasteiger partial charge in [0, 0.05) is 18.3 Å². The number of carbonyl (C=O) groups excluding carboxylic acids is 3. The minimum atomic E-state index is -0.442. The molecule has 0 spiro atoms. The van der Waals surface area contributed by atoms with Crippen LogP contribution >= 0.6 is 23.2 Å². The van der Waals surface area contributed by atoms with Crippen LogP contribution in [0.15, 0.2) is 72.8 Å². The van der Waals surface area contributed by atoms with Crippen molar-refractivity contribution in [1.29, 1.82) is 0 Å². The van der Waals surface area contributed by atoms with Crippen LogP contribution in [0.2, 0.25) is 10.0 Å². The van der Waals surface area contributed by atoms with Gasteiger partial charge in [0.2, 0.25) is 11.8 Å². The fourth-order valence-electron chi connectivity index (χ4n) is 5.34. The Morgan fingerprint density at radius 2 is 1.50 bits per heavy atom. The van der Waals surface area contributed by atoms with Crippen molar-refractivity contribution >= 4 is 46.6 Å². The van der Waals surface area contributed by atoms with Crippen LogP contribution in [0.5, 0.6) is 0 Å². The minimum absolute atomic E-state index is 0.0253. The largest absolute Gasteiger partial charge is 0.356 e. The van der Waals surface area contributed by atoms with Crippen LogP contribution in [0.4, 0.5) is 5.69 Å². The maximum atomic E-state index is 13.4. The molecule has 0 bridgehead atoms. The van der Waals surface area contributed by atoms with Gasteiger partial charge in [-0.3, -0.25) is 14.4 Å². The summed E-state index contributed by atoms with van der Waals surface area (Å²) in [5.74, 6) is -0.333. The lowest BCUT2D eigenvalue weighted by atomic mass is 9.81. The molecule has 1 aliphatic rings. The highest BCUT2D eigenvalue weighted by molar-refractivity contribution is 6.40. The van der Waals surface area contributed by atoms with Crippen molar-refractivity contribution in [1.82, 2.24) is 10.6 Å². The van der Waals surface area contributed by atoms with E-state index in [0.717, 1.165) is 36.8 Å².